The zero-order chi connectivity index (χ0) is 16.6. The fraction of sp³-hybridized carbons (Fsp3) is 0.267. The third-order valence-electron chi connectivity index (χ3n) is 3.62. The van der Waals surface area contributed by atoms with E-state index in [-0.39, 0.29) is 10.7 Å². The van der Waals surface area contributed by atoms with E-state index >= 15 is 0 Å². The fourth-order valence-electron chi connectivity index (χ4n) is 2.60. The van der Waals surface area contributed by atoms with Crippen LogP contribution in [0.5, 0.6) is 0 Å². The quantitative estimate of drug-likeness (QED) is 0.792. The SMILES string of the molecule is CCn1nc(C)c(S(=O)(=O)Nc2cc3ccccc3nn2)c1C. The van der Waals surface area contributed by atoms with Gasteiger partial charge in [0.05, 0.1) is 16.9 Å². The molecule has 0 aliphatic carbocycles. The Morgan fingerprint density at radius 3 is 2.61 bits per heavy atom. The summed E-state index contributed by atoms with van der Waals surface area (Å²) in [5, 5.41) is 13.0. The van der Waals surface area contributed by atoms with Gasteiger partial charge >= 0.3 is 0 Å². The summed E-state index contributed by atoms with van der Waals surface area (Å²) in [5.74, 6) is 0.187. The Balaban J connectivity index is 2.01. The van der Waals surface area contributed by atoms with E-state index in [0.29, 0.717) is 23.4 Å². The molecule has 0 saturated carbocycles. The number of nitrogens with zero attached hydrogens (tertiary/aromatic N) is 4. The molecule has 8 heteroatoms. The van der Waals surface area contributed by atoms with Crippen LogP contribution in [0.3, 0.4) is 0 Å². The van der Waals surface area contributed by atoms with Crippen molar-refractivity contribution in [3.8, 4) is 0 Å². The molecule has 1 N–H and O–H groups in total. The van der Waals surface area contributed by atoms with Gasteiger partial charge in [0.15, 0.2) is 5.82 Å². The van der Waals surface area contributed by atoms with Gasteiger partial charge in [-0.15, -0.1) is 10.2 Å². The molecular formula is C15H17N5O2S. The maximum absolute atomic E-state index is 12.7. The van der Waals surface area contributed by atoms with Gasteiger partial charge in [-0.05, 0) is 32.9 Å². The molecule has 0 amide bonds. The summed E-state index contributed by atoms with van der Waals surface area (Å²) in [6.07, 6.45) is 0. The topological polar surface area (TPSA) is 89.8 Å². The summed E-state index contributed by atoms with van der Waals surface area (Å²) in [4.78, 5) is 0.189. The highest BCUT2D eigenvalue weighted by molar-refractivity contribution is 7.92. The molecule has 0 saturated heterocycles. The average molecular weight is 331 g/mol. The number of hydrogen-bond acceptors (Lipinski definition) is 5. The highest BCUT2D eigenvalue weighted by Gasteiger charge is 2.25. The molecular weight excluding hydrogens is 314 g/mol. The maximum atomic E-state index is 12.7. The predicted molar refractivity (Wildman–Crippen MR) is 87.7 cm³/mol. The van der Waals surface area contributed by atoms with Crippen molar-refractivity contribution in [3.63, 3.8) is 0 Å². The molecule has 0 spiro atoms. The van der Waals surface area contributed by atoms with Crippen molar-refractivity contribution >= 4 is 26.7 Å². The Labute approximate surface area is 134 Å². The first-order valence-electron chi connectivity index (χ1n) is 7.21. The molecule has 0 bridgehead atoms. The third-order valence-corrected chi connectivity index (χ3v) is 5.22. The number of aryl methyl sites for hydroxylation is 2. The molecule has 1 aromatic carbocycles. The molecule has 0 radical (unpaired) electrons. The molecule has 120 valence electrons. The second-order valence-electron chi connectivity index (χ2n) is 5.21. The van der Waals surface area contributed by atoms with Crippen LogP contribution in [-0.2, 0) is 16.6 Å². The van der Waals surface area contributed by atoms with Gasteiger partial charge in [-0.1, -0.05) is 18.2 Å². The minimum atomic E-state index is -3.77. The lowest BCUT2D eigenvalue weighted by Gasteiger charge is -2.08. The highest BCUT2D eigenvalue weighted by Crippen LogP contribution is 2.23. The Morgan fingerprint density at radius 2 is 1.91 bits per heavy atom. The van der Waals surface area contributed by atoms with Crippen molar-refractivity contribution in [1.82, 2.24) is 20.0 Å². The van der Waals surface area contributed by atoms with Gasteiger partial charge in [0.2, 0.25) is 0 Å². The van der Waals surface area contributed by atoms with Crippen LogP contribution in [0.2, 0.25) is 0 Å². The summed E-state index contributed by atoms with van der Waals surface area (Å²) in [6, 6.07) is 9.05. The van der Waals surface area contributed by atoms with Crippen LogP contribution >= 0.6 is 0 Å². The Bertz CT molecular complexity index is 979. The van der Waals surface area contributed by atoms with Crippen molar-refractivity contribution < 1.29 is 8.42 Å². The van der Waals surface area contributed by atoms with Gasteiger partial charge in [0.25, 0.3) is 10.0 Å². The summed E-state index contributed by atoms with van der Waals surface area (Å²) < 4.78 is 29.5. The van der Waals surface area contributed by atoms with Crippen molar-refractivity contribution in [2.75, 3.05) is 4.72 Å². The molecule has 0 aliphatic rings. The number of sulfonamides is 1. The lowest BCUT2D eigenvalue weighted by atomic mass is 10.2. The van der Waals surface area contributed by atoms with Crippen LogP contribution in [0.15, 0.2) is 35.2 Å². The molecule has 3 aromatic rings. The average Bonchev–Trinajstić information content (AvgIpc) is 2.81. The summed E-state index contributed by atoms with van der Waals surface area (Å²) in [7, 11) is -3.77. The normalized spacial score (nSPS) is 11.8. The lowest BCUT2D eigenvalue weighted by Crippen LogP contribution is -2.16. The van der Waals surface area contributed by atoms with E-state index in [1.807, 2.05) is 31.2 Å². The Kier molecular flexibility index (Phi) is 3.77. The van der Waals surface area contributed by atoms with E-state index in [2.05, 4.69) is 20.0 Å². The number of anilines is 1. The number of benzene rings is 1. The molecule has 0 aliphatic heterocycles. The number of fused-ring (bicyclic) bond motifs is 1. The van der Waals surface area contributed by atoms with E-state index < -0.39 is 10.0 Å². The van der Waals surface area contributed by atoms with E-state index in [1.54, 1.807) is 24.6 Å². The summed E-state index contributed by atoms with van der Waals surface area (Å²) in [6.45, 7) is 5.94. The van der Waals surface area contributed by atoms with Crippen LogP contribution < -0.4 is 4.72 Å². The third kappa shape index (κ3) is 2.77. The van der Waals surface area contributed by atoms with Gasteiger partial charge in [-0.2, -0.15) is 5.10 Å². The van der Waals surface area contributed by atoms with E-state index in [1.165, 1.54) is 0 Å². The standard InChI is InChI=1S/C15H17N5O2S/c1-4-20-11(3)15(10(2)18-20)23(21,22)19-14-9-12-7-5-6-8-13(12)16-17-14/h5-9H,4H2,1-3H3,(H,17,19). The van der Waals surface area contributed by atoms with Crippen LogP contribution in [0.4, 0.5) is 5.82 Å². The smallest absolute Gasteiger partial charge is 0.266 e. The first-order valence-corrected chi connectivity index (χ1v) is 8.70. The maximum Gasteiger partial charge on any atom is 0.266 e. The van der Waals surface area contributed by atoms with Crippen molar-refractivity contribution in [3.05, 3.63) is 41.7 Å². The van der Waals surface area contributed by atoms with E-state index in [9.17, 15) is 8.42 Å². The Morgan fingerprint density at radius 1 is 1.17 bits per heavy atom. The zero-order valence-corrected chi connectivity index (χ0v) is 13.9. The van der Waals surface area contributed by atoms with Gasteiger partial charge in [-0.25, -0.2) is 8.42 Å². The molecule has 0 fully saturated rings. The van der Waals surface area contributed by atoms with E-state index in [0.717, 1.165) is 5.39 Å². The van der Waals surface area contributed by atoms with Crippen LogP contribution in [0, 0.1) is 13.8 Å². The van der Waals surface area contributed by atoms with E-state index in [4.69, 9.17) is 0 Å². The predicted octanol–water partition coefficient (Wildman–Crippen LogP) is 2.26. The highest BCUT2D eigenvalue weighted by atomic mass is 32.2. The van der Waals surface area contributed by atoms with Gasteiger partial charge in [0, 0.05) is 11.9 Å². The largest absolute Gasteiger partial charge is 0.268 e. The lowest BCUT2D eigenvalue weighted by molar-refractivity contribution is 0.598. The second-order valence-corrected chi connectivity index (χ2v) is 6.83. The van der Waals surface area contributed by atoms with Gasteiger partial charge in [-0.3, -0.25) is 9.40 Å². The first kappa shape index (κ1) is 15.4. The second kappa shape index (κ2) is 5.62. The monoisotopic (exact) mass is 331 g/mol. The van der Waals surface area contributed by atoms with Crippen molar-refractivity contribution in [2.45, 2.75) is 32.2 Å². The minimum Gasteiger partial charge on any atom is -0.268 e. The molecule has 0 atom stereocenters. The molecule has 2 aromatic heterocycles. The van der Waals surface area contributed by atoms with Gasteiger partial charge < -0.3 is 0 Å². The number of rotatable bonds is 4. The molecule has 23 heavy (non-hydrogen) atoms. The van der Waals surface area contributed by atoms with Crippen molar-refractivity contribution in [1.29, 1.82) is 0 Å². The zero-order valence-electron chi connectivity index (χ0n) is 13.1. The molecule has 0 unspecified atom stereocenters. The summed E-state index contributed by atoms with van der Waals surface area (Å²) in [5.41, 5.74) is 1.78. The fourth-order valence-corrected chi connectivity index (χ4v) is 4.00. The van der Waals surface area contributed by atoms with Crippen molar-refractivity contribution in [2.24, 2.45) is 0 Å². The van der Waals surface area contributed by atoms with Crippen LogP contribution in [0.1, 0.15) is 18.3 Å². The number of nitrogens with one attached hydrogen (secondary N) is 1. The molecule has 7 nitrogen and oxygen atoms in total. The van der Waals surface area contributed by atoms with Gasteiger partial charge in [0.1, 0.15) is 4.90 Å². The number of aromatic nitrogens is 4. The summed E-state index contributed by atoms with van der Waals surface area (Å²) >= 11 is 0. The molecule has 3 rings (SSSR count). The van der Waals surface area contributed by atoms with Crippen LogP contribution in [0.25, 0.3) is 10.9 Å². The molecule has 2 heterocycles. The minimum absolute atomic E-state index is 0.187. The number of hydrogen-bond donors (Lipinski definition) is 1. The Hall–Kier alpha value is -2.48. The van der Waals surface area contributed by atoms with Crippen LogP contribution in [-0.4, -0.2) is 28.4 Å². The first-order chi connectivity index (χ1) is 10.9.